The van der Waals surface area contributed by atoms with E-state index in [0.717, 1.165) is 56.5 Å². The van der Waals surface area contributed by atoms with Crippen LogP contribution in [0.15, 0.2) is 18.2 Å². The zero-order valence-electron chi connectivity index (χ0n) is 13.3. The molecule has 2 aliphatic rings. The minimum atomic E-state index is 0.0691. The van der Waals surface area contributed by atoms with Crippen molar-refractivity contribution in [2.75, 3.05) is 54.5 Å². The Morgan fingerprint density at radius 1 is 1.14 bits per heavy atom. The molecule has 2 fully saturated rings. The molecule has 0 spiro atoms. The molecule has 0 aliphatic carbocycles. The highest BCUT2D eigenvalue weighted by atomic mass is 16.5. The molecule has 0 radical (unpaired) electrons. The van der Waals surface area contributed by atoms with Crippen molar-refractivity contribution in [3.63, 3.8) is 0 Å². The van der Waals surface area contributed by atoms with E-state index in [-0.39, 0.29) is 5.91 Å². The van der Waals surface area contributed by atoms with Crippen molar-refractivity contribution in [2.45, 2.75) is 26.2 Å². The van der Waals surface area contributed by atoms with E-state index in [1.54, 1.807) is 0 Å². The van der Waals surface area contributed by atoms with Crippen molar-refractivity contribution in [3.8, 4) is 0 Å². The molecular weight excluding hydrogens is 278 g/mol. The number of hydrogen-bond acceptors (Lipinski definition) is 4. The maximum Gasteiger partial charge on any atom is 0.224 e. The molecule has 3 rings (SSSR count). The molecule has 2 saturated heterocycles. The first-order valence-electron chi connectivity index (χ1n) is 8.29. The standard InChI is InChI=1S/C17H25N3O2/c1-2-17(21)18-15-13-14(19-9-11-22-12-10-19)5-6-16(15)20-7-3-4-8-20/h5-6,13H,2-4,7-12H2,1H3,(H,18,21). The fourth-order valence-electron chi connectivity index (χ4n) is 3.11. The van der Waals surface area contributed by atoms with Crippen LogP contribution in [0.4, 0.5) is 17.1 Å². The number of nitrogens with zero attached hydrogens (tertiary/aromatic N) is 2. The Labute approximate surface area is 132 Å². The van der Waals surface area contributed by atoms with E-state index in [1.165, 1.54) is 12.8 Å². The molecular formula is C17H25N3O2. The zero-order chi connectivity index (χ0) is 15.4. The Morgan fingerprint density at radius 2 is 1.86 bits per heavy atom. The Hall–Kier alpha value is -1.75. The van der Waals surface area contributed by atoms with Gasteiger partial charge in [0.15, 0.2) is 0 Å². The van der Waals surface area contributed by atoms with Gasteiger partial charge in [-0.3, -0.25) is 4.79 Å². The maximum absolute atomic E-state index is 11.9. The Morgan fingerprint density at radius 3 is 2.55 bits per heavy atom. The van der Waals surface area contributed by atoms with E-state index in [1.807, 2.05) is 6.92 Å². The van der Waals surface area contributed by atoms with E-state index >= 15 is 0 Å². The highest BCUT2D eigenvalue weighted by Gasteiger charge is 2.19. The second kappa shape index (κ2) is 7.01. The van der Waals surface area contributed by atoms with Gasteiger partial charge in [-0.25, -0.2) is 0 Å². The lowest BCUT2D eigenvalue weighted by molar-refractivity contribution is -0.115. The maximum atomic E-state index is 11.9. The van der Waals surface area contributed by atoms with Crippen LogP contribution in [-0.2, 0) is 9.53 Å². The van der Waals surface area contributed by atoms with Crippen molar-refractivity contribution < 1.29 is 9.53 Å². The summed E-state index contributed by atoms with van der Waals surface area (Å²) in [6, 6.07) is 6.44. The summed E-state index contributed by atoms with van der Waals surface area (Å²) in [6.45, 7) is 7.39. The summed E-state index contributed by atoms with van der Waals surface area (Å²) in [6.07, 6.45) is 2.96. The third-order valence-electron chi connectivity index (χ3n) is 4.40. The lowest BCUT2D eigenvalue weighted by atomic mass is 10.2. The van der Waals surface area contributed by atoms with Crippen LogP contribution in [0.3, 0.4) is 0 Å². The van der Waals surface area contributed by atoms with Crippen LogP contribution in [-0.4, -0.2) is 45.3 Å². The first-order valence-corrected chi connectivity index (χ1v) is 8.29. The summed E-state index contributed by atoms with van der Waals surface area (Å²) in [5.41, 5.74) is 3.26. The van der Waals surface area contributed by atoms with Crippen LogP contribution in [0, 0.1) is 0 Å². The van der Waals surface area contributed by atoms with Gasteiger partial charge in [0, 0.05) is 38.3 Å². The van der Waals surface area contributed by atoms with E-state index < -0.39 is 0 Å². The number of carbonyl (C=O) groups excluding carboxylic acids is 1. The van der Waals surface area contributed by atoms with Crippen molar-refractivity contribution in [1.29, 1.82) is 0 Å². The molecule has 1 N–H and O–H groups in total. The molecule has 0 bridgehead atoms. The average molecular weight is 303 g/mol. The summed E-state index contributed by atoms with van der Waals surface area (Å²) >= 11 is 0. The van der Waals surface area contributed by atoms with Crippen molar-refractivity contribution in [3.05, 3.63) is 18.2 Å². The molecule has 0 aromatic heterocycles. The van der Waals surface area contributed by atoms with E-state index in [4.69, 9.17) is 4.74 Å². The SMILES string of the molecule is CCC(=O)Nc1cc(N2CCOCC2)ccc1N1CCCC1. The van der Waals surface area contributed by atoms with Gasteiger partial charge in [-0.2, -0.15) is 0 Å². The first kappa shape index (κ1) is 15.2. The Balaban J connectivity index is 1.87. The van der Waals surface area contributed by atoms with Gasteiger partial charge in [-0.05, 0) is 31.0 Å². The number of morpholine rings is 1. The second-order valence-corrected chi connectivity index (χ2v) is 5.90. The predicted octanol–water partition coefficient (Wildman–Crippen LogP) is 2.47. The van der Waals surface area contributed by atoms with Crippen molar-refractivity contribution in [2.24, 2.45) is 0 Å². The van der Waals surface area contributed by atoms with Crippen LogP contribution >= 0.6 is 0 Å². The number of rotatable bonds is 4. The molecule has 1 aromatic carbocycles. The Kier molecular flexibility index (Phi) is 4.83. The number of hydrogen-bond donors (Lipinski definition) is 1. The molecule has 5 nitrogen and oxygen atoms in total. The lowest BCUT2D eigenvalue weighted by Gasteiger charge is -2.30. The number of anilines is 3. The number of amides is 1. The highest BCUT2D eigenvalue weighted by Crippen LogP contribution is 2.33. The molecule has 5 heteroatoms. The van der Waals surface area contributed by atoms with Crippen LogP contribution in [0.2, 0.25) is 0 Å². The molecule has 1 amide bonds. The summed E-state index contributed by atoms with van der Waals surface area (Å²) in [5.74, 6) is 0.0691. The molecule has 2 aliphatic heterocycles. The van der Waals surface area contributed by atoms with Gasteiger partial charge in [0.1, 0.15) is 0 Å². The van der Waals surface area contributed by atoms with E-state index in [9.17, 15) is 4.79 Å². The predicted molar refractivity (Wildman–Crippen MR) is 89.8 cm³/mol. The largest absolute Gasteiger partial charge is 0.378 e. The molecule has 0 unspecified atom stereocenters. The minimum Gasteiger partial charge on any atom is -0.378 e. The molecule has 22 heavy (non-hydrogen) atoms. The number of benzene rings is 1. The summed E-state index contributed by atoms with van der Waals surface area (Å²) in [7, 11) is 0. The van der Waals surface area contributed by atoms with E-state index in [0.29, 0.717) is 6.42 Å². The highest BCUT2D eigenvalue weighted by molar-refractivity contribution is 5.95. The van der Waals surface area contributed by atoms with Crippen LogP contribution in [0.5, 0.6) is 0 Å². The molecule has 0 atom stereocenters. The summed E-state index contributed by atoms with van der Waals surface area (Å²) in [4.78, 5) is 16.6. The number of carbonyl (C=O) groups is 1. The van der Waals surface area contributed by atoms with Gasteiger partial charge >= 0.3 is 0 Å². The van der Waals surface area contributed by atoms with Crippen LogP contribution in [0.25, 0.3) is 0 Å². The smallest absolute Gasteiger partial charge is 0.224 e. The van der Waals surface area contributed by atoms with Gasteiger partial charge in [-0.1, -0.05) is 6.92 Å². The van der Waals surface area contributed by atoms with Crippen LogP contribution < -0.4 is 15.1 Å². The monoisotopic (exact) mass is 303 g/mol. The van der Waals surface area contributed by atoms with Gasteiger partial charge in [-0.15, -0.1) is 0 Å². The second-order valence-electron chi connectivity index (χ2n) is 5.90. The minimum absolute atomic E-state index is 0.0691. The van der Waals surface area contributed by atoms with Crippen molar-refractivity contribution in [1.82, 2.24) is 0 Å². The molecule has 2 heterocycles. The Bertz CT molecular complexity index is 521. The lowest BCUT2D eigenvalue weighted by Crippen LogP contribution is -2.36. The zero-order valence-corrected chi connectivity index (χ0v) is 13.3. The van der Waals surface area contributed by atoms with Crippen molar-refractivity contribution >= 4 is 23.0 Å². The normalized spacial score (nSPS) is 18.6. The average Bonchev–Trinajstić information content (AvgIpc) is 3.10. The summed E-state index contributed by atoms with van der Waals surface area (Å²) in [5, 5.41) is 3.08. The fraction of sp³-hybridized carbons (Fsp3) is 0.588. The summed E-state index contributed by atoms with van der Waals surface area (Å²) < 4.78 is 5.42. The molecule has 120 valence electrons. The third kappa shape index (κ3) is 3.35. The van der Waals surface area contributed by atoms with E-state index in [2.05, 4.69) is 33.3 Å². The molecule has 0 saturated carbocycles. The van der Waals surface area contributed by atoms with Gasteiger partial charge in [0.05, 0.1) is 24.6 Å². The third-order valence-corrected chi connectivity index (χ3v) is 4.40. The van der Waals surface area contributed by atoms with Gasteiger partial charge < -0.3 is 19.9 Å². The fourth-order valence-corrected chi connectivity index (χ4v) is 3.11. The number of nitrogens with one attached hydrogen (secondary N) is 1. The van der Waals surface area contributed by atoms with Gasteiger partial charge in [0.2, 0.25) is 5.91 Å². The van der Waals surface area contributed by atoms with Gasteiger partial charge in [0.25, 0.3) is 0 Å². The van der Waals surface area contributed by atoms with Crippen LogP contribution in [0.1, 0.15) is 26.2 Å². The quantitative estimate of drug-likeness (QED) is 0.928. The number of ether oxygens (including phenoxy) is 1. The molecule has 1 aromatic rings. The first-order chi connectivity index (χ1) is 10.8. The topological polar surface area (TPSA) is 44.8 Å².